The Morgan fingerprint density at radius 1 is 1.09 bits per heavy atom. The van der Waals surface area contributed by atoms with Crippen molar-refractivity contribution in [3.8, 4) is 5.75 Å². The van der Waals surface area contributed by atoms with E-state index in [1.54, 1.807) is 46.1 Å². The summed E-state index contributed by atoms with van der Waals surface area (Å²) < 4.78 is 21.3. The Hall–Kier alpha value is -2.13. The first-order chi connectivity index (χ1) is 15.4. The molecule has 1 fully saturated rings. The lowest BCUT2D eigenvalue weighted by Gasteiger charge is -2.34. The number of nitrogens with zero attached hydrogens (tertiary/aromatic N) is 4. The van der Waals surface area contributed by atoms with Gasteiger partial charge in [-0.15, -0.1) is 0 Å². The minimum Gasteiger partial charge on any atom is -0.470 e. The molecule has 0 aliphatic carbocycles. The van der Waals surface area contributed by atoms with Gasteiger partial charge in [0, 0.05) is 49.0 Å². The van der Waals surface area contributed by atoms with Crippen LogP contribution in [0.2, 0.25) is 10.0 Å². The predicted octanol–water partition coefficient (Wildman–Crippen LogP) is 5.09. The molecule has 2 heterocycles. The lowest BCUT2D eigenvalue weighted by molar-refractivity contribution is 0.0620. The molecule has 3 aromatic rings. The van der Waals surface area contributed by atoms with Crippen LogP contribution in [0.25, 0.3) is 0 Å². The van der Waals surface area contributed by atoms with Crippen molar-refractivity contribution in [2.45, 2.75) is 13.3 Å². The van der Waals surface area contributed by atoms with Gasteiger partial charge < -0.3 is 9.64 Å². The van der Waals surface area contributed by atoms with E-state index < -0.39 is 0 Å². The molecule has 1 amide bonds. The van der Waals surface area contributed by atoms with E-state index in [1.807, 2.05) is 0 Å². The Labute approximate surface area is 203 Å². The summed E-state index contributed by atoms with van der Waals surface area (Å²) >= 11 is 15.5. The third kappa shape index (κ3) is 5.61. The first kappa shape index (κ1) is 23.0. The summed E-state index contributed by atoms with van der Waals surface area (Å²) in [4.78, 5) is 16.8. The van der Waals surface area contributed by atoms with Crippen molar-refractivity contribution in [2.75, 3.05) is 26.2 Å². The third-order valence-electron chi connectivity index (χ3n) is 5.17. The summed E-state index contributed by atoms with van der Waals surface area (Å²) in [5.74, 6) is 0.172. The van der Waals surface area contributed by atoms with E-state index in [1.165, 1.54) is 12.1 Å². The van der Waals surface area contributed by atoms with E-state index in [9.17, 15) is 9.18 Å². The number of aromatic nitrogens is 2. The number of hydrogen-bond acceptors (Lipinski definition) is 4. The molecule has 0 N–H and O–H groups in total. The standard InChI is InChI=1S/C22H20BrCl2FN4O2/c23-18-11-16(24)2-4-21(18)32-14-30-6-5-20(27-30)22(31)29-9-7-28(8-10-29)13-15-1-3-17(26)12-19(15)25/h1-6,11-12H,7-10,13-14H2. The van der Waals surface area contributed by atoms with Crippen molar-refractivity contribution in [1.82, 2.24) is 19.6 Å². The lowest BCUT2D eigenvalue weighted by atomic mass is 10.2. The third-order valence-corrected chi connectivity index (χ3v) is 6.38. The zero-order chi connectivity index (χ0) is 22.7. The predicted molar refractivity (Wildman–Crippen MR) is 125 cm³/mol. The molecule has 32 heavy (non-hydrogen) atoms. The number of hydrogen-bond donors (Lipinski definition) is 0. The molecular formula is C22H20BrCl2FN4O2. The molecule has 0 radical (unpaired) electrons. The minimum absolute atomic E-state index is 0.115. The number of rotatable bonds is 6. The fourth-order valence-corrected chi connectivity index (χ4v) is 4.46. The number of piperazine rings is 1. The quantitative estimate of drug-likeness (QED) is 0.436. The highest BCUT2D eigenvalue weighted by molar-refractivity contribution is 9.10. The Morgan fingerprint density at radius 3 is 2.59 bits per heavy atom. The molecule has 2 aromatic carbocycles. The van der Waals surface area contributed by atoms with Gasteiger partial charge >= 0.3 is 0 Å². The van der Waals surface area contributed by atoms with Crippen molar-refractivity contribution in [2.24, 2.45) is 0 Å². The minimum atomic E-state index is -0.347. The second-order valence-corrected chi connectivity index (χ2v) is 9.09. The molecular weight excluding hydrogens is 522 g/mol. The highest BCUT2D eigenvalue weighted by Crippen LogP contribution is 2.28. The molecule has 4 rings (SSSR count). The highest BCUT2D eigenvalue weighted by atomic mass is 79.9. The van der Waals surface area contributed by atoms with Crippen LogP contribution in [-0.4, -0.2) is 51.7 Å². The molecule has 0 saturated carbocycles. The van der Waals surface area contributed by atoms with Gasteiger partial charge in [-0.3, -0.25) is 9.69 Å². The largest absolute Gasteiger partial charge is 0.470 e. The summed E-state index contributed by atoms with van der Waals surface area (Å²) in [6.45, 7) is 3.35. The van der Waals surface area contributed by atoms with Crippen molar-refractivity contribution in [1.29, 1.82) is 0 Å². The second kappa shape index (κ2) is 10.2. The second-order valence-electron chi connectivity index (χ2n) is 7.39. The summed E-state index contributed by atoms with van der Waals surface area (Å²) in [6.07, 6.45) is 1.71. The van der Waals surface area contributed by atoms with Crippen LogP contribution in [-0.2, 0) is 13.3 Å². The fraction of sp³-hybridized carbons (Fsp3) is 0.273. The average molecular weight is 542 g/mol. The van der Waals surface area contributed by atoms with Crippen LogP contribution < -0.4 is 4.74 Å². The van der Waals surface area contributed by atoms with E-state index >= 15 is 0 Å². The maximum Gasteiger partial charge on any atom is 0.274 e. The number of carbonyl (C=O) groups is 1. The number of amides is 1. The summed E-state index contributed by atoms with van der Waals surface area (Å²) in [5.41, 5.74) is 1.25. The van der Waals surface area contributed by atoms with Crippen molar-refractivity contribution in [3.05, 3.63) is 80.3 Å². The Balaban J connectivity index is 1.29. The monoisotopic (exact) mass is 540 g/mol. The van der Waals surface area contributed by atoms with Gasteiger partial charge in [-0.1, -0.05) is 29.3 Å². The van der Waals surface area contributed by atoms with Gasteiger partial charge in [0.1, 0.15) is 11.6 Å². The summed E-state index contributed by atoms with van der Waals surface area (Å²) in [6, 6.07) is 11.4. The molecule has 10 heteroatoms. The zero-order valence-corrected chi connectivity index (χ0v) is 20.1. The zero-order valence-electron chi connectivity index (χ0n) is 17.0. The number of carbonyl (C=O) groups excluding carboxylic acids is 1. The van der Waals surface area contributed by atoms with E-state index in [0.29, 0.717) is 54.2 Å². The van der Waals surface area contributed by atoms with Crippen molar-refractivity contribution >= 4 is 45.0 Å². The van der Waals surface area contributed by atoms with Gasteiger partial charge in [0.2, 0.25) is 0 Å². The average Bonchev–Trinajstić information content (AvgIpc) is 3.24. The van der Waals surface area contributed by atoms with Crippen LogP contribution in [0.5, 0.6) is 5.75 Å². The van der Waals surface area contributed by atoms with Crippen LogP contribution in [0.3, 0.4) is 0 Å². The normalized spacial score (nSPS) is 14.6. The lowest BCUT2D eigenvalue weighted by Crippen LogP contribution is -2.48. The molecule has 1 saturated heterocycles. The number of benzene rings is 2. The Kier molecular flexibility index (Phi) is 7.35. The summed E-state index contributed by atoms with van der Waals surface area (Å²) in [7, 11) is 0. The van der Waals surface area contributed by atoms with E-state index in [2.05, 4.69) is 25.9 Å². The molecule has 0 bridgehead atoms. The van der Waals surface area contributed by atoms with Crippen molar-refractivity contribution in [3.63, 3.8) is 0 Å². The molecule has 168 valence electrons. The molecule has 1 aromatic heterocycles. The Morgan fingerprint density at radius 2 is 1.88 bits per heavy atom. The first-order valence-corrected chi connectivity index (χ1v) is 11.5. The SMILES string of the molecule is O=C(c1ccn(COc2ccc(Cl)cc2Br)n1)N1CCN(Cc2ccc(F)cc2Cl)CC1. The molecule has 6 nitrogen and oxygen atoms in total. The van der Waals surface area contributed by atoms with Gasteiger partial charge in [0.15, 0.2) is 12.4 Å². The fourth-order valence-electron chi connectivity index (χ4n) is 3.44. The van der Waals surface area contributed by atoms with Gasteiger partial charge in [0.05, 0.1) is 4.47 Å². The highest BCUT2D eigenvalue weighted by Gasteiger charge is 2.24. The maximum absolute atomic E-state index is 13.2. The van der Waals surface area contributed by atoms with E-state index in [4.69, 9.17) is 27.9 Å². The summed E-state index contributed by atoms with van der Waals surface area (Å²) in [5, 5.41) is 5.37. The van der Waals surface area contributed by atoms with Gasteiger partial charge in [-0.2, -0.15) is 5.10 Å². The van der Waals surface area contributed by atoms with E-state index in [0.717, 1.165) is 10.0 Å². The van der Waals surface area contributed by atoms with Crippen LogP contribution in [0.4, 0.5) is 4.39 Å². The van der Waals surface area contributed by atoms with Crippen molar-refractivity contribution < 1.29 is 13.9 Å². The molecule has 0 spiro atoms. The smallest absolute Gasteiger partial charge is 0.274 e. The number of halogens is 4. The van der Waals surface area contributed by atoms with Gasteiger partial charge in [0.25, 0.3) is 5.91 Å². The Bertz CT molecular complexity index is 1120. The van der Waals surface area contributed by atoms with Gasteiger partial charge in [-0.05, 0) is 57.9 Å². The number of ether oxygens (including phenoxy) is 1. The maximum atomic E-state index is 13.2. The van der Waals surface area contributed by atoms with Crippen LogP contribution in [0, 0.1) is 5.82 Å². The van der Waals surface area contributed by atoms with E-state index in [-0.39, 0.29) is 18.5 Å². The molecule has 1 aliphatic heterocycles. The molecule has 1 aliphatic rings. The molecule has 0 atom stereocenters. The topological polar surface area (TPSA) is 50.6 Å². The van der Waals surface area contributed by atoms with Crippen LogP contribution in [0.15, 0.2) is 53.1 Å². The van der Waals surface area contributed by atoms with Crippen LogP contribution >= 0.6 is 39.1 Å². The van der Waals surface area contributed by atoms with Crippen LogP contribution in [0.1, 0.15) is 16.1 Å². The molecule has 0 unspecified atom stereocenters. The first-order valence-electron chi connectivity index (χ1n) is 9.96. The van der Waals surface area contributed by atoms with Gasteiger partial charge in [-0.25, -0.2) is 9.07 Å².